The van der Waals surface area contributed by atoms with Crippen molar-refractivity contribution in [3.05, 3.63) is 65.2 Å². The Bertz CT molecular complexity index is 839. The van der Waals surface area contributed by atoms with Crippen LogP contribution in [0.15, 0.2) is 48.5 Å². The summed E-state index contributed by atoms with van der Waals surface area (Å²) < 4.78 is 0. The van der Waals surface area contributed by atoms with E-state index in [2.05, 4.69) is 49.1 Å². The van der Waals surface area contributed by atoms with Crippen LogP contribution < -0.4 is 4.90 Å². The van der Waals surface area contributed by atoms with Crippen molar-refractivity contribution in [3.63, 3.8) is 0 Å². The van der Waals surface area contributed by atoms with Gasteiger partial charge in [0.05, 0.1) is 6.54 Å². The van der Waals surface area contributed by atoms with E-state index in [9.17, 15) is 4.79 Å². The van der Waals surface area contributed by atoms with Gasteiger partial charge in [0.1, 0.15) is 0 Å². The van der Waals surface area contributed by atoms with Gasteiger partial charge in [0.2, 0.25) is 5.91 Å². The number of carbonyl (C=O) groups is 3. The number of nitrogens with zero attached hydrogens (tertiary/aromatic N) is 2. The Morgan fingerprint density at radius 2 is 1.61 bits per heavy atom. The van der Waals surface area contributed by atoms with Crippen LogP contribution in [-0.2, 0) is 20.9 Å². The van der Waals surface area contributed by atoms with Crippen molar-refractivity contribution in [2.45, 2.75) is 20.4 Å². The van der Waals surface area contributed by atoms with E-state index in [-0.39, 0.29) is 5.91 Å². The van der Waals surface area contributed by atoms with Gasteiger partial charge in [0.15, 0.2) is 0 Å². The first-order valence-electron chi connectivity index (χ1n) is 8.88. The largest absolute Gasteiger partial charge is 0.473 e. The fourth-order valence-electron chi connectivity index (χ4n) is 3.06. The molecule has 148 valence electrons. The summed E-state index contributed by atoms with van der Waals surface area (Å²) in [5.74, 6) is -3.46. The number of hydrogen-bond donors (Lipinski definition) is 2. The Morgan fingerprint density at radius 3 is 2.14 bits per heavy atom. The summed E-state index contributed by atoms with van der Waals surface area (Å²) in [6, 6.07) is 16.6. The second kappa shape index (κ2) is 9.66. The van der Waals surface area contributed by atoms with Crippen LogP contribution in [-0.4, -0.2) is 52.6 Å². The van der Waals surface area contributed by atoms with Gasteiger partial charge in [-0.1, -0.05) is 48.0 Å². The van der Waals surface area contributed by atoms with Crippen LogP contribution in [0.1, 0.15) is 16.7 Å². The Balaban J connectivity index is 0.000000409. The highest BCUT2D eigenvalue weighted by atomic mass is 16.4. The molecule has 28 heavy (non-hydrogen) atoms. The van der Waals surface area contributed by atoms with Crippen molar-refractivity contribution >= 4 is 23.5 Å². The minimum Gasteiger partial charge on any atom is -0.473 e. The molecule has 0 saturated carbocycles. The van der Waals surface area contributed by atoms with E-state index in [0.29, 0.717) is 6.54 Å². The molecule has 0 radical (unpaired) electrons. The topological polar surface area (TPSA) is 98.2 Å². The zero-order valence-electron chi connectivity index (χ0n) is 16.0. The molecule has 0 spiro atoms. The lowest BCUT2D eigenvalue weighted by Crippen LogP contribution is -2.50. The highest BCUT2D eigenvalue weighted by Crippen LogP contribution is 2.23. The van der Waals surface area contributed by atoms with E-state index >= 15 is 0 Å². The van der Waals surface area contributed by atoms with Crippen molar-refractivity contribution in [3.8, 4) is 0 Å². The molecule has 2 N–H and O–H groups in total. The third kappa shape index (κ3) is 5.92. The monoisotopic (exact) mass is 384 g/mol. The van der Waals surface area contributed by atoms with Crippen molar-refractivity contribution in [2.75, 3.05) is 24.5 Å². The van der Waals surface area contributed by atoms with Crippen molar-refractivity contribution in [1.29, 1.82) is 0 Å². The second-order valence-corrected chi connectivity index (χ2v) is 6.64. The second-order valence-electron chi connectivity index (χ2n) is 6.64. The lowest BCUT2D eigenvalue weighted by atomic mass is 10.1. The van der Waals surface area contributed by atoms with Gasteiger partial charge in [-0.3, -0.25) is 9.69 Å². The molecule has 1 amide bonds. The van der Waals surface area contributed by atoms with Crippen molar-refractivity contribution < 1.29 is 24.6 Å². The summed E-state index contributed by atoms with van der Waals surface area (Å²) in [5, 5.41) is 14.8. The summed E-state index contributed by atoms with van der Waals surface area (Å²) in [5.41, 5.74) is 4.71. The summed E-state index contributed by atoms with van der Waals surface area (Å²) >= 11 is 0. The summed E-state index contributed by atoms with van der Waals surface area (Å²) in [7, 11) is 0. The molecule has 1 aliphatic heterocycles. The number of carbonyl (C=O) groups excluding carboxylic acids is 1. The van der Waals surface area contributed by atoms with Gasteiger partial charge < -0.3 is 15.1 Å². The zero-order valence-corrected chi connectivity index (χ0v) is 16.0. The minimum absolute atomic E-state index is 0.189. The molecule has 0 aromatic heterocycles. The highest BCUT2D eigenvalue weighted by Gasteiger charge is 2.25. The van der Waals surface area contributed by atoms with Crippen molar-refractivity contribution in [2.24, 2.45) is 0 Å². The molecule has 7 nitrogen and oxygen atoms in total. The van der Waals surface area contributed by atoms with Gasteiger partial charge >= 0.3 is 11.9 Å². The van der Waals surface area contributed by atoms with Gasteiger partial charge in [0, 0.05) is 25.3 Å². The molecular weight excluding hydrogens is 360 g/mol. The van der Waals surface area contributed by atoms with Crippen LogP contribution in [0.2, 0.25) is 0 Å². The Morgan fingerprint density at radius 1 is 0.964 bits per heavy atom. The van der Waals surface area contributed by atoms with Gasteiger partial charge in [-0.2, -0.15) is 0 Å². The highest BCUT2D eigenvalue weighted by molar-refractivity contribution is 6.27. The lowest BCUT2D eigenvalue weighted by Gasteiger charge is -2.35. The van der Waals surface area contributed by atoms with Crippen LogP contribution in [0.5, 0.6) is 0 Å². The van der Waals surface area contributed by atoms with E-state index in [1.54, 1.807) is 0 Å². The quantitative estimate of drug-likeness (QED) is 0.788. The Kier molecular flexibility index (Phi) is 7.28. The molecule has 0 aliphatic carbocycles. The molecule has 1 saturated heterocycles. The summed E-state index contributed by atoms with van der Waals surface area (Å²) in [4.78, 5) is 34.9. The predicted molar refractivity (Wildman–Crippen MR) is 105 cm³/mol. The zero-order chi connectivity index (χ0) is 20.7. The van der Waals surface area contributed by atoms with Crippen LogP contribution in [0.4, 0.5) is 5.69 Å². The third-order valence-corrected chi connectivity index (χ3v) is 4.37. The van der Waals surface area contributed by atoms with Crippen LogP contribution in [0.25, 0.3) is 0 Å². The molecule has 0 atom stereocenters. The fourth-order valence-corrected chi connectivity index (χ4v) is 3.06. The predicted octanol–water partition coefficient (Wildman–Crippen LogP) is 2.31. The number of piperazine rings is 1. The van der Waals surface area contributed by atoms with E-state index in [1.165, 1.54) is 16.7 Å². The SMILES string of the molecule is Cc1ccc(N2CCN(Cc3ccccc3)CC2=O)c(C)c1.O=C(O)C(=O)O. The van der Waals surface area contributed by atoms with Gasteiger partial charge in [-0.15, -0.1) is 0 Å². The molecule has 2 aromatic carbocycles. The van der Waals surface area contributed by atoms with Crippen molar-refractivity contribution in [1.82, 2.24) is 4.90 Å². The molecule has 0 bridgehead atoms. The number of benzene rings is 2. The standard InChI is InChI=1S/C19H22N2O.C2H2O4/c1-15-8-9-18(16(2)12-15)21-11-10-20(14-19(21)22)13-17-6-4-3-5-7-17;3-1(4)2(5)6/h3-9,12H,10-11,13-14H2,1-2H3;(H,3,4)(H,5,6). The summed E-state index contributed by atoms with van der Waals surface area (Å²) in [6.07, 6.45) is 0. The minimum atomic E-state index is -1.82. The van der Waals surface area contributed by atoms with Crippen LogP contribution in [0, 0.1) is 13.8 Å². The number of carboxylic acid groups (broad SMARTS) is 2. The van der Waals surface area contributed by atoms with E-state index in [1.807, 2.05) is 23.1 Å². The maximum absolute atomic E-state index is 12.5. The molecule has 1 heterocycles. The first-order chi connectivity index (χ1) is 13.3. The molecule has 0 unspecified atom stereocenters. The number of aryl methyl sites for hydroxylation is 2. The average molecular weight is 384 g/mol. The molecule has 7 heteroatoms. The molecule has 1 fully saturated rings. The number of hydrogen-bond acceptors (Lipinski definition) is 4. The molecule has 2 aromatic rings. The number of rotatable bonds is 3. The average Bonchev–Trinajstić information content (AvgIpc) is 2.64. The Hall–Kier alpha value is -3.19. The fraction of sp³-hybridized carbons (Fsp3) is 0.286. The molecule has 3 rings (SSSR count). The number of aliphatic carboxylic acids is 2. The smallest absolute Gasteiger partial charge is 0.414 e. The number of amides is 1. The van der Waals surface area contributed by atoms with Gasteiger partial charge in [-0.25, -0.2) is 9.59 Å². The van der Waals surface area contributed by atoms with Crippen LogP contribution >= 0.6 is 0 Å². The first kappa shape index (κ1) is 21.1. The van der Waals surface area contributed by atoms with Gasteiger partial charge in [-0.05, 0) is 31.0 Å². The maximum Gasteiger partial charge on any atom is 0.414 e. The van der Waals surface area contributed by atoms with Gasteiger partial charge in [0.25, 0.3) is 0 Å². The van der Waals surface area contributed by atoms with Crippen LogP contribution in [0.3, 0.4) is 0 Å². The number of carboxylic acids is 2. The number of anilines is 1. The third-order valence-electron chi connectivity index (χ3n) is 4.37. The Labute approximate surface area is 163 Å². The van der Waals surface area contributed by atoms with E-state index < -0.39 is 11.9 Å². The normalized spacial score (nSPS) is 14.2. The van der Waals surface area contributed by atoms with E-state index in [4.69, 9.17) is 19.8 Å². The molecule has 1 aliphatic rings. The lowest BCUT2D eigenvalue weighted by molar-refractivity contribution is -0.159. The molecular formula is C21H24N2O5. The van der Waals surface area contributed by atoms with E-state index in [0.717, 1.165) is 25.3 Å². The first-order valence-corrected chi connectivity index (χ1v) is 8.88. The maximum atomic E-state index is 12.5. The summed E-state index contributed by atoms with van der Waals surface area (Å²) in [6.45, 7) is 7.15.